The number of rotatable bonds is 6. The molecule has 0 fully saturated rings. The van der Waals surface area contributed by atoms with Crippen LogP contribution in [0, 0.1) is 0 Å². The van der Waals surface area contributed by atoms with Crippen LogP contribution < -0.4 is 11.1 Å². The summed E-state index contributed by atoms with van der Waals surface area (Å²) in [6.45, 7) is -0.454. The van der Waals surface area contributed by atoms with E-state index in [1.807, 2.05) is 30.5 Å². The van der Waals surface area contributed by atoms with Gasteiger partial charge in [-0.3, -0.25) is 4.79 Å². The van der Waals surface area contributed by atoms with Crippen molar-refractivity contribution in [1.29, 1.82) is 0 Å². The molecule has 0 bridgehead atoms. The number of nitrogens with two attached hydrogens (primary N) is 1. The molecule has 5 N–H and O–H groups in total. The van der Waals surface area contributed by atoms with Crippen LogP contribution in [0.4, 0.5) is 0 Å². The topological polar surface area (TPSA) is 108 Å². The second kappa shape index (κ2) is 6.31. The molecule has 106 valence electrons. The SMILES string of the molecule is N[C@@H](CO)C(=O)N[C@H](C=O)Cc1c[nH]c2ccccc12. The molecule has 0 saturated heterocycles. The lowest BCUT2D eigenvalue weighted by atomic mass is 10.1. The van der Waals surface area contributed by atoms with Gasteiger partial charge in [0, 0.05) is 23.5 Å². The van der Waals surface area contributed by atoms with Crippen molar-refractivity contribution in [2.75, 3.05) is 6.61 Å². The zero-order chi connectivity index (χ0) is 14.5. The molecule has 0 aliphatic heterocycles. The highest BCUT2D eigenvalue weighted by Gasteiger charge is 2.18. The summed E-state index contributed by atoms with van der Waals surface area (Å²) in [5.41, 5.74) is 7.32. The van der Waals surface area contributed by atoms with Gasteiger partial charge in [0.15, 0.2) is 0 Å². The Labute approximate surface area is 116 Å². The van der Waals surface area contributed by atoms with Crippen LogP contribution in [-0.2, 0) is 16.0 Å². The number of benzene rings is 1. The number of hydrogen-bond acceptors (Lipinski definition) is 4. The molecule has 6 heteroatoms. The molecule has 1 aromatic carbocycles. The minimum Gasteiger partial charge on any atom is -0.394 e. The first-order chi connectivity index (χ1) is 9.65. The van der Waals surface area contributed by atoms with Crippen LogP contribution in [0.3, 0.4) is 0 Å². The summed E-state index contributed by atoms with van der Waals surface area (Å²) in [7, 11) is 0. The molecule has 20 heavy (non-hydrogen) atoms. The Hall–Kier alpha value is -2.18. The Bertz CT molecular complexity index is 608. The van der Waals surface area contributed by atoms with Crippen molar-refractivity contribution in [2.24, 2.45) is 5.73 Å². The van der Waals surface area contributed by atoms with Crippen LogP contribution in [0.5, 0.6) is 0 Å². The number of carbonyl (C=O) groups excluding carboxylic acids is 2. The maximum absolute atomic E-state index is 11.6. The molecular formula is C14H17N3O3. The van der Waals surface area contributed by atoms with Crippen molar-refractivity contribution < 1.29 is 14.7 Å². The van der Waals surface area contributed by atoms with Crippen molar-refractivity contribution in [2.45, 2.75) is 18.5 Å². The van der Waals surface area contributed by atoms with Crippen LogP contribution in [0.15, 0.2) is 30.5 Å². The highest BCUT2D eigenvalue weighted by Crippen LogP contribution is 2.18. The van der Waals surface area contributed by atoms with Gasteiger partial charge in [-0.15, -0.1) is 0 Å². The minimum absolute atomic E-state index is 0.372. The van der Waals surface area contributed by atoms with Crippen LogP contribution >= 0.6 is 0 Å². The predicted octanol–water partition coefficient (Wildman–Crippen LogP) is -0.286. The molecule has 2 aromatic rings. The van der Waals surface area contributed by atoms with Gasteiger partial charge in [-0.25, -0.2) is 0 Å². The third-order valence-corrected chi connectivity index (χ3v) is 3.14. The summed E-state index contributed by atoms with van der Waals surface area (Å²) in [6.07, 6.45) is 2.86. The van der Waals surface area contributed by atoms with E-state index in [1.54, 1.807) is 0 Å². The van der Waals surface area contributed by atoms with Gasteiger partial charge in [0.25, 0.3) is 0 Å². The first kappa shape index (κ1) is 14.2. The molecule has 1 aromatic heterocycles. The van der Waals surface area contributed by atoms with Crippen molar-refractivity contribution in [3.05, 3.63) is 36.0 Å². The summed E-state index contributed by atoms with van der Waals surface area (Å²) in [5, 5.41) is 12.3. The van der Waals surface area contributed by atoms with E-state index in [9.17, 15) is 9.59 Å². The van der Waals surface area contributed by atoms with Gasteiger partial charge < -0.3 is 25.9 Å². The average Bonchev–Trinajstić information content (AvgIpc) is 2.88. The van der Waals surface area contributed by atoms with E-state index >= 15 is 0 Å². The number of amides is 1. The van der Waals surface area contributed by atoms with Gasteiger partial charge in [0.2, 0.25) is 5.91 Å². The van der Waals surface area contributed by atoms with Crippen LogP contribution in [-0.4, -0.2) is 41.0 Å². The van der Waals surface area contributed by atoms with Crippen LogP contribution in [0.2, 0.25) is 0 Å². The van der Waals surface area contributed by atoms with E-state index < -0.39 is 24.6 Å². The highest BCUT2D eigenvalue weighted by molar-refractivity contribution is 5.86. The molecule has 2 rings (SSSR count). The molecule has 0 aliphatic carbocycles. The van der Waals surface area contributed by atoms with Crippen LogP contribution in [0.1, 0.15) is 5.56 Å². The Morgan fingerprint density at radius 1 is 1.45 bits per heavy atom. The number of nitrogens with one attached hydrogen (secondary N) is 2. The Kier molecular flexibility index (Phi) is 4.49. The average molecular weight is 275 g/mol. The number of H-pyrrole nitrogens is 1. The largest absolute Gasteiger partial charge is 0.394 e. The van der Waals surface area contributed by atoms with E-state index in [0.717, 1.165) is 16.5 Å². The highest BCUT2D eigenvalue weighted by atomic mass is 16.3. The lowest BCUT2D eigenvalue weighted by molar-refractivity contribution is -0.125. The van der Waals surface area contributed by atoms with E-state index in [2.05, 4.69) is 10.3 Å². The molecule has 0 spiro atoms. The molecule has 2 atom stereocenters. The molecular weight excluding hydrogens is 258 g/mol. The number of hydrogen-bond donors (Lipinski definition) is 4. The number of aldehydes is 1. The maximum atomic E-state index is 11.6. The van der Waals surface area contributed by atoms with Gasteiger partial charge >= 0.3 is 0 Å². The minimum atomic E-state index is -1.01. The Morgan fingerprint density at radius 2 is 2.20 bits per heavy atom. The summed E-state index contributed by atoms with van der Waals surface area (Å²) >= 11 is 0. The molecule has 1 amide bonds. The van der Waals surface area contributed by atoms with Crippen molar-refractivity contribution in [1.82, 2.24) is 10.3 Å². The van der Waals surface area contributed by atoms with E-state index in [-0.39, 0.29) is 0 Å². The number of para-hydroxylation sites is 1. The smallest absolute Gasteiger partial charge is 0.239 e. The summed E-state index contributed by atoms with van der Waals surface area (Å²) in [5.74, 6) is -0.538. The van der Waals surface area contributed by atoms with Gasteiger partial charge in [0.1, 0.15) is 12.3 Å². The molecule has 0 saturated carbocycles. The monoisotopic (exact) mass is 275 g/mol. The third-order valence-electron chi connectivity index (χ3n) is 3.14. The predicted molar refractivity (Wildman–Crippen MR) is 75.1 cm³/mol. The van der Waals surface area contributed by atoms with Crippen LogP contribution in [0.25, 0.3) is 10.9 Å². The summed E-state index contributed by atoms with van der Waals surface area (Å²) in [4.78, 5) is 25.8. The Morgan fingerprint density at radius 3 is 2.90 bits per heavy atom. The van der Waals surface area contributed by atoms with Gasteiger partial charge in [0.05, 0.1) is 12.6 Å². The lowest BCUT2D eigenvalue weighted by Gasteiger charge is -2.15. The number of aromatic amines is 1. The van der Waals surface area contributed by atoms with Crippen molar-refractivity contribution in [3.63, 3.8) is 0 Å². The number of aliphatic hydroxyl groups is 1. The van der Waals surface area contributed by atoms with E-state index in [1.165, 1.54) is 0 Å². The quantitative estimate of drug-likeness (QED) is 0.543. The lowest BCUT2D eigenvalue weighted by Crippen LogP contribution is -2.48. The molecule has 6 nitrogen and oxygen atoms in total. The summed E-state index contributed by atoms with van der Waals surface area (Å²) < 4.78 is 0. The number of fused-ring (bicyclic) bond motifs is 1. The molecule has 0 aliphatic rings. The molecule has 1 heterocycles. The second-order valence-corrected chi connectivity index (χ2v) is 4.60. The summed E-state index contributed by atoms with van der Waals surface area (Å²) in [6, 6.07) is 6.04. The first-order valence-electron chi connectivity index (χ1n) is 6.32. The van der Waals surface area contributed by atoms with Crippen molar-refractivity contribution in [3.8, 4) is 0 Å². The van der Waals surface area contributed by atoms with Gasteiger partial charge in [-0.2, -0.15) is 0 Å². The molecule has 0 unspecified atom stereocenters. The fraction of sp³-hybridized carbons (Fsp3) is 0.286. The number of aromatic nitrogens is 1. The zero-order valence-electron chi connectivity index (χ0n) is 10.9. The zero-order valence-corrected chi connectivity index (χ0v) is 10.9. The fourth-order valence-electron chi connectivity index (χ4n) is 2.04. The third kappa shape index (κ3) is 3.04. The number of aliphatic hydroxyl groups excluding tert-OH is 1. The van der Waals surface area contributed by atoms with E-state index in [0.29, 0.717) is 12.7 Å². The van der Waals surface area contributed by atoms with E-state index in [4.69, 9.17) is 10.8 Å². The van der Waals surface area contributed by atoms with Crippen molar-refractivity contribution >= 4 is 23.1 Å². The fourth-order valence-corrected chi connectivity index (χ4v) is 2.04. The normalized spacial score (nSPS) is 13.9. The standard InChI is InChI=1S/C14H17N3O3/c15-12(8-19)14(20)17-10(7-18)5-9-6-16-13-4-2-1-3-11(9)13/h1-4,6-7,10,12,16,19H,5,8,15H2,(H,17,20)/t10-,12-/m0/s1. The molecule has 0 radical (unpaired) electrons. The Balaban J connectivity index is 2.10. The second-order valence-electron chi connectivity index (χ2n) is 4.60. The maximum Gasteiger partial charge on any atom is 0.239 e. The van der Waals surface area contributed by atoms with Gasteiger partial charge in [-0.1, -0.05) is 18.2 Å². The number of carbonyl (C=O) groups is 2. The van der Waals surface area contributed by atoms with Gasteiger partial charge in [-0.05, 0) is 11.6 Å². The first-order valence-corrected chi connectivity index (χ1v) is 6.32.